The predicted octanol–water partition coefficient (Wildman–Crippen LogP) is 2.48. The molecule has 4 nitrogen and oxygen atoms in total. The van der Waals surface area contributed by atoms with Gasteiger partial charge in [0.1, 0.15) is 0 Å². The number of fused-ring (bicyclic) bond motifs is 1. The summed E-state index contributed by atoms with van der Waals surface area (Å²) >= 11 is 5.96. The van der Waals surface area contributed by atoms with E-state index in [0.29, 0.717) is 5.56 Å². The van der Waals surface area contributed by atoms with E-state index in [0.717, 1.165) is 23.4 Å². The van der Waals surface area contributed by atoms with E-state index in [2.05, 4.69) is 15.5 Å². The number of nitrogens with zero attached hydrogens (tertiary/aromatic N) is 1. The minimum atomic E-state index is -0.100. The van der Waals surface area contributed by atoms with E-state index in [1.807, 2.05) is 18.2 Å². The van der Waals surface area contributed by atoms with Gasteiger partial charge in [-0.15, -0.1) is 0 Å². The monoisotopic (exact) mass is 261 g/mol. The molecule has 3 rings (SSSR count). The number of hydrogen-bond donors (Lipinski definition) is 2. The third-order valence-electron chi connectivity index (χ3n) is 3.25. The third kappa shape index (κ3) is 1.99. The maximum atomic E-state index is 11.9. The zero-order chi connectivity index (χ0) is 12.5. The van der Waals surface area contributed by atoms with Crippen molar-refractivity contribution < 1.29 is 4.79 Å². The Morgan fingerprint density at radius 3 is 3.17 bits per heavy atom. The highest BCUT2D eigenvalue weighted by Gasteiger charge is 2.24. The average molecular weight is 262 g/mol. The number of nitrogens with one attached hydrogen (secondary N) is 2. The lowest BCUT2D eigenvalue weighted by Crippen LogP contribution is -2.26. The summed E-state index contributed by atoms with van der Waals surface area (Å²) in [6.07, 6.45) is 4.98. The summed E-state index contributed by atoms with van der Waals surface area (Å²) in [6.45, 7) is 0. The van der Waals surface area contributed by atoms with E-state index in [1.165, 1.54) is 11.8 Å². The summed E-state index contributed by atoms with van der Waals surface area (Å²) < 4.78 is 0. The molecule has 1 amide bonds. The second-order valence-electron chi connectivity index (χ2n) is 4.39. The lowest BCUT2D eigenvalue weighted by Gasteiger charge is -2.13. The molecule has 1 aliphatic carbocycles. The highest BCUT2D eigenvalue weighted by molar-refractivity contribution is 6.30. The van der Waals surface area contributed by atoms with E-state index in [-0.39, 0.29) is 11.9 Å². The molecular formula is C13H12ClN3O. The van der Waals surface area contributed by atoms with E-state index >= 15 is 0 Å². The van der Waals surface area contributed by atoms with Gasteiger partial charge in [-0.1, -0.05) is 17.7 Å². The van der Waals surface area contributed by atoms with Crippen LogP contribution < -0.4 is 5.32 Å². The third-order valence-corrected chi connectivity index (χ3v) is 3.48. The first-order valence-electron chi connectivity index (χ1n) is 5.82. The van der Waals surface area contributed by atoms with E-state index in [9.17, 15) is 4.79 Å². The fraction of sp³-hybridized carbons (Fsp3) is 0.231. The van der Waals surface area contributed by atoms with Gasteiger partial charge in [0.2, 0.25) is 0 Å². The number of hydrogen-bond acceptors (Lipinski definition) is 2. The zero-order valence-corrected chi connectivity index (χ0v) is 10.4. The molecule has 5 heteroatoms. The maximum absolute atomic E-state index is 11.9. The SMILES string of the molecule is O=C(N[C@H]1CCc2cc(Cl)ccc21)c1cn[nH]c1. The van der Waals surface area contributed by atoms with Gasteiger partial charge in [0.25, 0.3) is 5.91 Å². The quantitative estimate of drug-likeness (QED) is 0.873. The summed E-state index contributed by atoms with van der Waals surface area (Å²) in [5.41, 5.74) is 2.94. The van der Waals surface area contributed by atoms with Crippen LogP contribution in [0.1, 0.15) is 33.9 Å². The number of carbonyl (C=O) groups is 1. The first-order chi connectivity index (χ1) is 8.74. The zero-order valence-electron chi connectivity index (χ0n) is 9.61. The molecule has 0 unspecified atom stereocenters. The molecule has 0 saturated carbocycles. The standard InChI is InChI=1S/C13H12ClN3O/c14-10-2-3-11-8(5-10)1-4-12(11)17-13(18)9-6-15-16-7-9/h2-3,5-7,12H,1,4H2,(H,15,16)(H,17,18)/t12-/m0/s1. The molecule has 2 N–H and O–H groups in total. The molecule has 0 aliphatic heterocycles. The van der Waals surface area contributed by atoms with E-state index < -0.39 is 0 Å². The van der Waals surface area contributed by atoms with Crippen LogP contribution in [0.15, 0.2) is 30.6 Å². The van der Waals surface area contributed by atoms with E-state index in [1.54, 1.807) is 6.20 Å². The predicted molar refractivity (Wildman–Crippen MR) is 68.6 cm³/mol. The normalized spacial score (nSPS) is 17.5. The first-order valence-corrected chi connectivity index (χ1v) is 6.20. The molecule has 0 spiro atoms. The van der Waals surface area contributed by atoms with Gasteiger partial charge >= 0.3 is 0 Å². The van der Waals surface area contributed by atoms with Crippen LogP contribution in [0.25, 0.3) is 0 Å². The van der Waals surface area contributed by atoms with Crippen LogP contribution in [-0.4, -0.2) is 16.1 Å². The Morgan fingerprint density at radius 2 is 2.39 bits per heavy atom. The minimum absolute atomic E-state index is 0.0691. The highest BCUT2D eigenvalue weighted by Crippen LogP contribution is 2.32. The molecular weight excluding hydrogens is 250 g/mol. The fourth-order valence-corrected chi connectivity index (χ4v) is 2.55. The Hall–Kier alpha value is -1.81. The van der Waals surface area contributed by atoms with Gasteiger partial charge in [-0.25, -0.2) is 0 Å². The maximum Gasteiger partial charge on any atom is 0.254 e. The number of aryl methyl sites for hydroxylation is 1. The van der Waals surface area contributed by atoms with Crippen LogP contribution in [0.4, 0.5) is 0 Å². The van der Waals surface area contributed by atoms with Crippen molar-refractivity contribution in [1.29, 1.82) is 0 Å². The molecule has 1 heterocycles. The Labute approximate surface area is 109 Å². The van der Waals surface area contributed by atoms with Gasteiger partial charge in [-0.3, -0.25) is 9.89 Å². The van der Waals surface area contributed by atoms with Crippen LogP contribution in [-0.2, 0) is 6.42 Å². The van der Waals surface area contributed by atoms with Gasteiger partial charge in [0, 0.05) is 11.2 Å². The van der Waals surface area contributed by atoms with Crippen molar-refractivity contribution in [2.45, 2.75) is 18.9 Å². The summed E-state index contributed by atoms with van der Waals surface area (Å²) in [7, 11) is 0. The van der Waals surface area contributed by atoms with Gasteiger partial charge in [0.05, 0.1) is 17.8 Å². The summed E-state index contributed by atoms with van der Waals surface area (Å²) in [5.74, 6) is -0.100. The number of amides is 1. The molecule has 1 aromatic carbocycles. The van der Waals surface area contributed by atoms with Crippen LogP contribution in [0.2, 0.25) is 5.02 Å². The van der Waals surface area contributed by atoms with Crippen molar-refractivity contribution in [3.8, 4) is 0 Å². The number of halogens is 1. The Bertz CT molecular complexity index is 580. The number of aromatic amines is 1. The summed E-state index contributed by atoms with van der Waals surface area (Å²) in [4.78, 5) is 11.9. The summed E-state index contributed by atoms with van der Waals surface area (Å²) in [6, 6.07) is 5.90. The lowest BCUT2D eigenvalue weighted by atomic mass is 10.1. The van der Waals surface area contributed by atoms with Gasteiger partial charge in [-0.2, -0.15) is 5.10 Å². The highest BCUT2D eigenvalue weighted by atomic mass is 35.5. The molecule has 0 radical (unpaired) electrons. The Morgan fingerprint density at radius 1 is 1.50 bits per heavy atom. The second-order valence-corrected chi connectivity index (χ2v) is 4.83. The van der Waals surface area contributed by atoms with Crippen molar-refractivity contribution in [3.63, 3.8) is 0 Å². The smallest absolute Gasteiger partial charge is 0.254 e. The summed E-state index contributed by atoms with van der Waals surface area (Å²) in [5, 5.41) is 10.2. The van der Waals surface area contributed by atoms with Crippen LogP contribution in [0.3, 0.4) is 0 Å². The van der Waals surface area contributed by atoms with Gasteiger partial charge in [0.15, 0.2) is 0 Å². The van der Waals surface area contributed by atoms with Crippen molar-refractivity contribution in [2.75, 3.05) is 0 Å². The first kappa shape index (κ1) is 11.3. The largest absolute Gasteiger partial charge is 0.345 e. The lowest BCUT2D eigenvalue weighted by molar-refractivity contribution is 0.0937. The van der Waals surface area contributed by atoms with Crippen molar-refractivity contribution in [2.24, 2.45) is 0 Å². The molecule has 18 heavy (non-hydrogen) atoms. The van der Waals surface area contributed by atoms with E-state index in [4.69, 9.17) is 11.6 Å². The number of aromatic nitrogens is 2. The molecule has 2 aromatic rings. The Kier molecular flexibility index (Phi) is 2.80. The van der Waals surface area contributed by atoms with Crippen molar-refractivity contribution >= 4 is 17.5 Å². The van der Waals surface area contributed by atoms with Gasteiger partial charge < -0.3 is 5.32 Å². The van der Waals surface area contributed by atoms with Crippen LogP contribution in [0.5, 0.6) is 0 Å². The number of benzene rings is 1. The molecule has 0 fully saturated rings. The molecule has 0 bridgehead atoms. The second kappa shape index (κ2) is 4.46. The number of carbonyl (C=O) groups excluding carboxylic acids is 1. The topological polar surface area (TPSA) is 57.8 Å². The molecule has 1 aromatic heterocycles. The van der Waals surface area contributed by atoms with Gasteiger partial charge in [-0.05, 0) is 36.1 Å². The molecule has 92 valence electrons. The molecule has 1 atom stereocenters. The van der Waals surface area contributed by atoms with Crippen LogP contribution >= 0.6 is 11.6 Å². The van der Waals surface area contributed by atoms with Crippen molar-refractivity contribution in [3.05, 3.63) is 52.3 Å². The van der Waals surface area contributed by atoms with Crippen molar-refractivity contribution in [1.82, 2.24) is 15.5 Å². The molecule has 1 aliphatic rings. The number of H-pyrrole nitrogens is 1. The average Bonchev–Trinajstić information content (AvgIpc) is 2.98. The molecule has 0 saturated heterocycles. The number of rotatable bonds is 2. The Balaban J connectivity index is 1.79. The van der Waals surface area contributed by atoms with Crippen LogP contribution in [0, 0.1) is 0 Å². The minimum Gasteiger partial charge on any atom is -0.345 e. The fourth-order valence-electron chi connectivity index (χ4n) is 2.35.